The molecule has 2 aromatic rings. The van der Waals surface area contributed by atoms with Crippen molar-refractivity contribution in [2.75, 3.05) is 20.6 Å². The molecule has 0 radical (unpaired) electrons. The van der Waals surface area contributed by atoms with E-state index in [-0.39, 0.29) is 12.3 Å². The number of rotatable bonds is 5. The van der Waals surface area contributed by atoms with Gasteiger partial charge in [0.15, 0.2) is 0 Å². The molecule has 1 aromatic carbocycles. The van der Waals surface area contributed by atoms with Gasteiger partial charge in [0.1, 0.15) is 11.6 Å². The van der Waals surface area contributed by atoms with Crippen LogP contribution in [0.25, 0.3) is 0 Å². The van der Waals surface area contributed by atoms with Gasteiger partial charge in [0, 0.05) is 18.8 Å². The summed E-state index contributed by atoms with van der Waals surface area (Å²) in [7, 11) is 4.43. The van der Waals surface area contributed by atoms with E-state index in [0.717, 1.165) is 45.8 Å². The van der Waals surface area contributed by atoms with Crippen molar-refractivity contribution in [3.05, 3.63) is 51.0 Å². The zero-order chi connectivity index (χ0) is 19.9. The van der Waals surface area contributed by atoms with Crippen molar-refractivity contribution < 1.29 is 19.2 Å². The second kappa shape index (κ2) is 6.97. The van der Waals surface area contributed by atoms with Gasteiger partial charge in [0.25, 0.3) is 0 Å². The van der Waals surface area contributed by atoms with Crippen molar-refractivity contribution in [1.29, 1.82) is 0 Å². The van der Waals surface area contributed by atoms with E-state index >= 15 is 0 Å². The Morgan fingerprint density at radius 2 is 1.93 bits per heavy atom. The van der Waals surface area contributed by atoms with Crippen LogP contribution >= 0.6 is 11.3 Å². The highest BCUT2D eigenvalue weighted by molar-refractivity contribution is 7.11. The first-order chi connectivity index (χ1) is 13.3. The molecule has 1 aliphatic heterocycles. The monoisotopic (exact) mass is 399 g/mol. The number of nitrogens with one attached hydrogen (secondary N) is 1. The first-order valence-electron chi connectivity index (χ1n) is 9.61. The highest BCUT2D eigenvalue weighted by Gasteiger charge is 2.43. The van der Waals surface area contributed by atoms with Crippen LogP contribution in [0.15, 0.2) is 24.3 Å². The van der Waals surface area contributed by atoms with Crippen LogP contribution in [0.5, 0.6) is 0 Å². The van der Waals surface area contributed by atoms with Gasteiger partial charge in [-0.05, 0) is 24.0 Å². The zero-order valence-electron chi connectivity index (χ0n) is 16.3. The number of aliphatic carboxylic acids is 1. The zero-order valence-corrected chi connectivity index (χ0v) is 17.1. The maximum Gasteiger partial charge on any atom is 0.227 e. The van der Waals surface area contributed by atoms with Crippen LogP contribution in [0.3, 0.4) is 0 Å². The normalized spacial score (nSPS) is 18.9. The fourth-order valence-electron chi connectivity index (χ4n) is 4.39. The van der Waals surface area contributed by atoms with Crippen LogP contribution in [0.4, 0.5) is 0 Å². The summed E-state index contributed by atoms with van der Waals surface area (Å²) in [5, 5.41) is 15.2. The van der Waals surface area contributed by atoms with Crippen molar-refractivity contribution in [3.8, 4) is 0 Å². The molecular formula is C21H25N3O3S. The minimum atomic E-state index is -1.19. The summed E-state index contributed by atoms with van der Waals surface area (Å²) in [5.41, 5.74) is 2.26. The number of fused-ring (bicyclic) bond motifs is 2. The molecule has 0 atom stereocenters. The van der Waals surface area contributed by atoms with Crippen LogP contribution in [-0.2, 0) is 41.9 Å². The predicted octanol–water partition coefficient (Wildman–Crippen LogP) is 0.817. The number of nitrogens with zero attached hydrogens (tertiary/aromatic N) is 2. The van der Waals surface area contributed by atoms with Gasteiger partial charge >= 0.3 is 0 Å². The van der Waals surface area contributed by atoms with E-state index in [2.05, 4.69) is 19.4 Å². The maximum absolute atomic E-state index is 13.1. The van der Waals surface area contributed by atoms with E-state index in [1.54, 1.807) is 11.3 Å². The second-order valence-corrected chi connectivity index (χ2v) is 9.85. The Bertz CT molecular complexity index is 910. The average Bonchev–Trinajstić information content (AvgIpc) is 3.18. The Morgan fingerprint density at radius 3 is 2.57 bits per heavy atom. The van der Waals surface area contributed by atoms with Gasteiger partial charge in [-0.15, -0.1) is 11.3 Å². The molecule has 1 N–H and O–H groups in total. The quantitative estimate of drug-likeness (QED) is 0.755. The molecule has 0 spiro atoms. The number of carbonyl (C=O) groups is 2. The van der Waals surface area contributed by atoms with Crippen LogP contribution in [0.2, 0.25) is 0 Å². The molecule has 2 aliphatic rings. The van der Waals surface area contributed by atoms with Crippen LogP contribution in [0.1, 0.15) is 33.1 Å². The Labute approximate surface area is 168 Å². The van der Waals surface area contributed by atoms with Gasteiger partial charge in [-0.2, -0.15) is 0 Å². The van der Waals surface area contributed by atoms with Gasteiger partial charge in [0.2, 0.25) is 5.91 Å². The topological polar surface area (TPSA) is 82.1 Å². The van der Waals surface area contributed by atoms with E-state index < -0.39 is 11.4 Å². The lowest BCUT2D eigenvalue weighted by molar-refractivity contribution is -0.905. The van der Waals surface area contributed by atoms with Crippen molar-refractivity contribution in [1.82, 2.24) is 10.3 Å². The molecule has 1 amide bonds. The molecule has 7 heteroatoms. The molecule has 0 fully saturated rings. The third-order valence-corrected chi connectivity index (χ3v) is 6.97. The van der Waals surface area contributed by atoms with Crippen molar-refractivity contribution in [3.63, 3.8) is 0 Å². The van der Waals surface area contributed by atoms with E-state index in [4.69, 9.17) is 4.98 Å². The van der Waals surface area contributed by atoms with Gasteiger partial charge in [0.05, 0.1) is 43.2 Å². The number of carbonyl (C=O) groups excluding carboxylic acids is 2. The molecule has 4 rings (SSSR count). The summed E-state index contributed by atoms with van der Waals surface area (Å²) in [6.45, 7) is 2.37. The van der Waals surface area contributed by atoms with E-state index in [9.17, 15) is 14.7 Å². The van der Waals surface area contributed by atoms with Crippen molar-refractivity contribution in [2.24, 2.45) is 5.41 Å². The first kappa shape index (κ1) is 19.1. The maximum atomic E-state index is 13.1. The predicted molar refractivity (Wildman–Crippen MR) is 104 cm³/mol. The summed E-state index contributed by atoms with van der Waals surface area (Å²) >= 11 is 1.65. The number of aromatic nitrogens is 1. The molecule has 2 heterocycles. The third-order valence-electron chi connectivity index (χ3n) is 5.89. The van der Waals surface area contributed by atoms with Gasteiger partial charge in [-0.25, -0.2) is 4.98 Å². The Morgan fingerprint density at radius 1 is 1.25 bits per heavy atom. The smallest absolute Gasteiger partial charge is 0.227 e. The van der Waals surface area contributed by atoms with E-state index in [0.29, 0.717) is 19.4 Å². The Hall–Kier alpha value is -2.25. The lowest BCUT2D eigenvalue weighted by atomic mass is 9.80. The highest BCUT2D eigenvalue weighted by Crippen LogP contribution is 2.40. The molecule has 1 aromatic heterocycles. The first-order valence-corrected chi connectivity index (χ1v) is 10.4. The third kappa shape index (κ3) is 3.69. The number of thiazole rings is 1. The number of carboxylic acids is 1. The molecule has 0 saturated carbocycles. The fourth-order valence-corrected chi connectivity index (χ4v) is 5.65. The molecule has 1 aliphatic carbocycles. The summed E-state index contributed by atoms with van der Waals surface area (Å²) in [5.74, 6) is -1.41. The molecule has 148 valence electrons. The van der Waals surface area contributed by atoms with E-state index in [1.165, 1.54) is 4.88 Å². The van der Waals surface area contributed by atoms with Crippen LogP contribution in [0, 0.1) is 5.41 Å². The minimum Gasteiger partial charge on any atom is -0.550 e. The van der Waals surface area contributed by atoms with Gasteiger partial charge in [-0.3, -0.25) is 4.79 Å². The summed E-state index contributed by atoms with van der Waals surface area (Å²) < 4.78 is 0.952. The van der Waals surface area contributed by atoms with Gasteiger partial charge in [-0.1, -0.05) is 24.3 Å². The highest BCUT2D eigenvalue weighted by atomic mass is 32.1. The summed E-state index contributed by atoms with van der Waals surface area (Å²) in [6.07, 6.45) is 1.55. The number of carboxylic acid groups (broad SMARTS) is 1. The molecule has 0 bridgehead atoms. The molecule has 28 heavy (non-hydrogen) atoms. The summed E-state index contributed by atoms with van der Waals surface area (Å²) in [6, 6.07) is 7.78. The fraction of sp³-hybridized carbons (Fsp3) is 0.476. The number of benzene rings is 1. The molecule has 0 saturated heterocycles. The number of quaternary nitrogens is 1. The number of likely N-dealkylation sites (N-methyl/N-ethyl adjacent to an activating group) is 1. The SMILES string of the molecule is C[N+]1(C)CCc2nc(CNC(=O)C3(CC(=O)[O-])Cc4ccccc4C3)sc2C1. The molecule has 0 unspecified atom stereocenters. The standard InChI is InChI=1S/C21H25N3O3S/c1-24(2)8-7-16-17(13-24)28-18(23-16)12-22-20(27)21(11-19(25)26)9-14-5-3-4-6-15(14)10-21/h3-6H,7-13H2,1-2H3,(H-,22,25,26,27). The Kier molecular flexibility index (Phi) is 4.75. The van der Waals surface area contributed by atoms with Crippen LogP contribution in [-0.4, -0.2) is 42.0 Å². The lowest BCUT2D eigenvalue weighted by Crippen LogP contribution is -2.45. The number of hydrogen-bond acceptors (Lipinski definition) is 5. The number of hydrogen-bond donors (Lipinski definition) is 1. The van der Waals surface area contributed by atoms with Crippen molar-refractivity contribution in [2.45, 2.75) is 38.8 Å². The lowest BCUT2D eigenvalue weighted by Gasteiger charge is -2.32. The average molecular weight is 400 g/mol. The second-order valence-electron chi connectivity index (χ2n) is 8.68. The number of amides is 1. The van der Waals surface area contributed by atoms with E-state index in [1.807, 2.05) is 24.3 Å². The Balaban J connectivity index is 1.48. The molecule has 6 nitrogen and oxygen atoms in total. The van der Waals surface area contributed by atoms with Crippen LogP contribution < -0.4 is 10.4 Å². The summed E-state index contributed by atoms with van der Waals surface area (Å²) in [4.78, 5) is 30.4. The van der Waals surface area contributed by atoms with Crippen molar-refractivity contribution >= 4 is 23.2 Å². The van der Waals surface area contributed by atoms with Gasteiger partial charge < -0.3 is 19.7 Å². The molecular weight excluding hydrogens is 374 g/mol. The largest absolute Gasteiger partial charge is 0.550 e. The minimum absolute atomic E-state index is 0.225.